The fourth-order valence-electron chi connectivity index (χ4n) is 4.28. The van der Waals surface area contributed by atoms with Crippen LogP contribution in [0.3, 0.4) is 0 Å². The van der Waals surface area contributed by atoms with Crippen LogP contribution in [-0.2, 0) is 0 Å². The van der Waals surface area contributed by atoms with Gasteiger partial charge in [-0.25, -0.2) is 0 Å². The van der Waals surface area contributed by atoms with Crippen LogP contribution < -0.4 is 10.1 Å². The summed E-state index contributed by atoms with van der Waals surface area (Å²) in [7, 11) is 1.68. The van der Waals surface area contributed by atoms with Crippen LogP contribution in [-0.4, -0.2) is 43.1 Å². The first-order valence-corrected chi connectivity index (χ1v) is 10.4. The molecular weight excluding hydrogens is 356 g/mol. The van der Waals surface area contributed by atoms with Gasteiger partial charge in [-0.1, -0.05) is 23.9 Å². The summed E-state index contributed by atoms with van der Waals surface area (Å²) in [4.78, 5) is 17.4. The summed E-state index contributed by atoms with van der Waals surface area (Å²) in [6.07, 6.45) is 2.40. The second kappa shape index (κ2) is 7.95. The van der Waals surface area contributed by atoms with Gasteiger partial charge in [0.15, 0.2) is 0 Å². The third-order valence-corrected chi connectivity index (χ3v) is 6.95. The van der Waals surface area contributed by atoms with Gasteiger partial charge in [-0.15, -0.1) is 0 Å². The highest BCUT2D eigenvalue weighted by Crippen LogP contribution is 2.35. The van der Waals surface area contributed by atoms with Gasteiger partial charge in [0.05, 0.1) is 12.0 Å². The molecule has 0 radical (unpaired) electrons. The average Bonchev–Trinajstić information content (AvgIpc) is 2.72. The maximum absolute atomic E-state index is 12.7. The van der Waals surface area contributed by atoms with Crippen molar-refractivity contribution in [3.63, 3.8) is 0 Å². The summed E-state index contributed by atoms with van der Waals surface area (Å²) in [5.41, 5.74) is 0.725. The number of rotatable bonds is 5. The molecule has 0 aromatic heterocycles. The number of piperidine rings is 3. The number of carbonyl (C=O) groups excluding carboxylic acids is 1. The molecule has 0 aliphatic carbocycles. The van der Waals surface area contributed by atoms with E-state index in [2.05, 4.69) is 17.1 Å². The number of carbonyl (C=O) groups is 1. The van der Waals surface area contributed by atoms with E-state index in [1.54, 1.807) is 18.9 Å². The fourth-order valence-corrected chi connectivity index (χ4v) is 5.21. The predicted molar refractivity (Wildman–Crippen MR) is 109 cm³/mol. The molecule has 2 unspecified atom stereocenters. The Morgan fingerprint density at radius 1 is 1.11 bits per heavy atom. The molecular formula is C22H26N2O2S. The standard InChI is InChI=1S/C22H26N2O2S/c1-15-21(16-11-13-24(15)14-12-16)23-22(25)17-7-9-18(10-8-17)27-20-6-4-3-5-19(20)26-2/h3-10,15-16,21H,11-14H2,1-2H3,(H,23,25). The molecule has 27 heavy (non-hydrogen) atoms. The second-order valence-electron chi connectivity index (χ2n) is 7.39. The van der Waals surface area contributed by atoms with Crippen molar-refractivity contribution in [3.05, 3.63) is 54.1 Å². The number of hydrogen-bond acceptors (Lipinski definition) is 4. The van der Waals surface area contributed by atoms with Crippen LogP contribution in [0, 0.1) is 5.92 Å². The van der Waals surface area contributed by atoms with Crippen LogP contribution in [0.1, 0.15) is 30.1 Å². The van der Waals surface area contributed by atoms with Crippen LogP contribution >= 0.6 is 11.8 Å². The van der Waals surface area contributed by atoms with Crippen LogP contribution in [0.2, 0.25) is 0 Å². The molecule has 5 heteroatoms. The van der Waals surface area contributed by atoms with Crippen molar-refractivity contribution in [2.75, 3.05) is 20.2 Å². The van der Waals surface area contributed by atoms with Crippen molar-refractivity contribution in [1.29, 1.82) is 0 Å². The lowest BCUT2D eigenvalue weighted by atomic mass is 9.79. The molecule has 2 atom stereocenters. The zero-order valence-corrected chi connectivity index (χ0v) is 16.7. The van der Waals surface area contributed by atoms with Crippen LogP contribution in [0.5, 0.6) is 5.75 Å². The van der Waals surface area contributed by atoms with Crippen molar-refractivity contribution in [2.45, 2.75) is 41.6 Å². The normalized spacial score (nSPS) is 26.6. The first-order chi connectivity index (χ1) is 13.2. The predicted octanol–water partition coefficient (Wildman–Crippen LogP) is 4.06. The number of hydrogen-bond donors (Lipinski definition) is 1. The third kappa shape index (κ3) is 3.85. The molecule has 3 saturated heterocycles. The number of nitrogens with one attached hydrogen (secondary N) is 1. The highest BCUT2D eigenvalue weighted by Gasteiger charge is 2.40. The SMILES string of the molecule is COc1ccccc1Sc1ccc(C(=O)NC2C3CCN(CC3)C2C)cc1. The van der Waals surface area contributed by atoms with Gasteiger partial charge in [0.25, 0.3) is 5.91 Å². The Hall–Kier alpha value is -1.98. The summed E-state index contributed by atoms with van der Waals surface area (Å²) in [5, 5.41) is 3.30. The summed E-state index contributed by atoms with van der Waals surface area (Å²) >= 11 is 1.64. The Morgan fingerprint density at radius 3 is 2.48 bits per heavy atom. The van der Waals surface area contributed by atoms with Crippen molar-refractivity contribution in [3.8, 4) is 5.75 Å². The molecule has 2 aromatic rings. The van der Waals surface area contributed by atoms with Gasteiger partial charge in [0, 0.05) is 22.5 Å². The largest absolute Gasteiger partial charge is 0.496 e. The Balaban J connectivity index is 1.42. The smallest absolute Gasteiger partial charge is 0.251 e. The number of amides is 1. The quantitative estimate of drug-likeness (QED) is 0.847. The maximum Gasteiger partial charge on any atom is 0.251 e. The maximum atomic E-state index is 12.7. The average molecular weight is 383 g/mol. The van der Waals surface area contributed by atoms with Gasteiger partial charge >= 0.3 is 0 Å². The first-order valence-electron chi connectivity index (χ1n) is 9.61. The summed E-state index contributed by atoms with van der Waals surface area (Å²) in [6, 6.07) is 16.5. The fraction of sp³-hybridized carbons (Fsp3) is 0.409. The number of fused-ring (bicyclic) bond motifs is 3. The summed E-state index contributed by atoms with van der Waals surface area (Å²) in [5.74, 6) is 1.52. The lowest BCUT2D eigenvalue weighted by Crippen LogP contribution is -2.62. The van der Waals surface area contributed by atoms with Gasteiger partial charge in [-0.2, -0.15) is 0 Å². The Bertz CT molecular complexity index is 798. The summed E-state index contributed by atoms with van der Waals surface area (Å²) in [6.45, 7) is 4.59. The lowest BCUT2D eigenvalue weighted by molar-refractivity contribution is 0.0217. The van der Waals surface area contributed by atoms with Crippen LogP contribution in [0.4, 0.5) is 0 Å². The molecule has 0 spiro atoms. The van der Waals surface area contributed by atoms with E-state index in [9.17, 15) is 4.79 Å². The summed E-state index contributed by atoms with van der Waals surface area (Å²) < 4.78 is 5.41. The van der Waals surface area contributed by atoms with E-state index < -0.39 is 0 Å². The molecule has 4 nitrogen and oxygen atoms in total. The Morgan fingerprint density at radius 2 is 1.81 bits per heavy atom. The van der Waals surface area contributed by atoms with Crippen molar-refractivity contribution >= 4 is 17.7 Å². The van der Waals surface area contributed by atoms with E-state index in [4.69, 9.17) is 4.74 Å². The molecule has 5 rings (SSSR count). The van der Waals surface area contributed by atoms with Gasteiger partial charge in [-0.3, -0.25) is 9.69 Å². The molecule has 2 bridgehead atoms. The van der Waals surface area contributed by atoms with E-state index >= 15 is 0 Å². The molecule has 1 amide bonds. The minimum Gasteiger partial charge on any atom is -0.496 e. The number of benzene rings is 2. The molecule has 3 heterocycles. The lowest BCUT2D eigenvalue weighted by Gasteiger charge is -2.49. The molecule has 0 saturated carbocycles. The van der Waals surface area contributed by atoms with Gasteiger partial charge in [0.2, 0.25) is 0 Å². The van der Waals surface area contributed by atoms with E-state index in [1.807, 2.05) is 48.5 Å². The number of nitrogens with zero attached hydrogens (tertiary/aromatic N) is 1. The van der Waals surface area contributed by atoms with Crippen molar-refractivity contribution in [2.24, 2.45) is 5.92 Å². The number of ether oxygens (including phenoxy) is 1. The highest BCUT2D eigenvalue weighted by molar-refractivity contribution is 7.99. The van der Waals surface area contributed by atoms with Gasteiger partial charge in [0.1, 0.15) is 5.75 Å². The van der Waals surface area contributed by atoms with Crippen molar-refractivity contribution < 1.29 is 9.53 Å². The molecule has 142 valence electrons. The Kier molecular flexibility index (Phi) is 5.41. The first kappa shape index (κ1) is 18.4. The van der Waals surface area contributed by atoms with Crippen LogP contribution in [0.25, 0.3) is 0 Å². The second-order valence-corrected chi connectivity index (χ2v) is 8.51. The number of methoxy groups -OCH3 is 1. The number of para-hydroxylation sites is 1. The van der Waals surface area contributed by atoms with E-state index in [1.165, 1.54) is 25.9 Å². The molecule has 2 aromatic carbocycles. The molecule has 3 aliphatic heterocycles. The zero-order valence-electron chi connectivity index (χ0n) is 15.9. The van der Waals surface area contributed by atoms with Crippen LogP contribution in [0.15, 0.2) is 58.3 Å². The van der Waals surface area contributed by atoms with Crippen molar-refractivity contribution in [1.82, 2.24) is 10.2 Å². The molecule has 3 fully saturated rings. The molecule has 1 N–H and O–H groups in total. The minimum atomic E-state index is 0.0365. The highest BCUT2D eigenvalue weighted by atomic mass is 32.2. The monoisotopic (exact) mass is 382 g/mol. The minimum absolute atomic E-state index is 0.0365. The van der Waals surface area contributed by atoms with Gasteiger partial charge < -0.3 is 10.1 Å². The third-order valence-electron chi connectivity index (χ3n) is 5.89. The Labute approximate surface area is 165 Å². The zero-order chi connectivity index (χ0) is 18.8. The van der Waals surface area contributed by atoms with E-state index in [-0.39, 0.29) is 11.9 Å². The topological polar surface area (TPSA) is 41.6 Å². The van der Waals surface area contributed by atoms with E-state index in [0.717, 1.165) is 21.1 Å². The van der Waals surface area contributed by atoms with E-state index in [0.29, 0.717) is 12.0 Å². The van der Waals surface area contributed by atoms with Gasteiger partial charge in [-0.05, 0) is 75.2 Å². The molecule has 3 aliphatic rings.